The summed E-state index contributed by atoms with van der Waals surface area (Å²) in [7, 11) is 6.88. The van der Waals surface area contributed by atoms with E-state index in [2.05, 4.69) is 9.80 Å². The maximum absolute atomic E-state index is 12.4. The quantitative estimate of drug-likeness (QED) is 0.140. The molecule has 3 rings (SSSR count). The van der Waals surface area contributed by atoms with Gasteiger partial charge >= 0.3 is 23.9 Å². The van der Waals surface area contributed by atoms with Crippen molar-refractivity contribution in [1.82, 2.24) is 9.80 Å². The summed E-state index contributed by atoms with van der Waals surface area (Å²) >= 11 is 0. The smallest absolute Gasteiger partial charge is 0.307 e. The first-order valence-corrected chi connectivity index (χ1v) is 18.8. The Balaban J connectivity index is 1.27. The van der Waals surface area contributed by atoms with Crippen LogP contribution in [0.1, 0.15) is 39.5 Å². The van der Waals surface area contributed by atoms with Crippen molar-refractivity contribution in [2.45, 2.75) is 39.5 Å². The second kappa shape index (κ2) is 17.3. The summed E-state index contributed by atoms with van der Waals surface area (Å²) in [6, 6.07) is 0. The number of rotatable bonds is 16. The first-order chi connectivity index (χ1) is 19.3. The van der Waals surface area contributed by atoms with Crippen LogP contribution in [0.4, 0.5) is 0 Å². The minimum atomic E-state index is -0.305. The first-order valence-electron chi connectivity index (χ1n) is 13.8. The van der Waals surface area contributed by atoms with Gasteiger partial charge < -0.3 is 28.7 Å². The average Bonchev–Trinajstić information content (AvgIpc) is 3.65. The fourth-order valence-corrected chi connectivity index (χ4v) is 10.9. The summed E-state index contributed by atoms with van der Waals surface area (Å²) in [6.07, 6.45) is 1.32. The lowest BCUT2D eigenvalue weighted by molar-refractivity contribution is -0.154. The molecule has 0 radical (unpaired) electrons. The molecule has 3 saturated heterocycles. The van der Waals surface area contributed by atoms with Gasteiger partial charge in [-0.05, 0) is 0 Å². The van der Waals surface area contributed by atoms with Gasteiger partial charge in [0.25, 0.3) is 0 Å². The van der Waals surface area contributed by atoms with Crippen LogP contribution in [0.2, 0.25) is 0 Å². The van der Waals surface area contributed by atoms with E-state index in [1.807, 2.05) is 0 Å². The highest BCUT2D eigenvalue weighted by molar-refractivity contribution is 8.77. The number of nitrogens with zero attached hydrogens (tertiary/aromatic N) is 2. The lowest BCUT2D eigenvalue weighted by atomic mass is 9.95. The third-order valence-corrected chi connectivity index (χ3v) is 12.8. The van der Waals surface area contributed by atoms with E-state index in [9.17, 15) is 19.2 Å². The highest BCUT2D eigenvalue weighted by Crippen LogP contribution is 2.44. The van der Waals surface area contributed by atoms with Crippen molar-refractivity contribution in [1.29, 1.82) is 0 Å². The maximum atomic E-state index is 12.4. The van der Waals surface area contributed by atoms with Crippen LogP contribution in [0.15, 0.2) is 0 Å². The topological polar surface area (TPSA) is 112 Å². The molecule has 0 unspecified atom stereocenters. The first kappa shape index (κ1) is 33.7. The Hall–Kier alpha value is -0.800. The summed E-state index contributed by atoms with van der Waals surface area (Å²) in [5, 5.41) is 0. The van der Waals surface area contributed by atoms with Gasteiger partial charge in [-0.1, -0.05) is 57.0 Å². The van der Waals surface area contributed by atoms with Crippen LogP contribution in [-0.4, -0.2) is 122 Å². The SMILES string of the molecule is CCC(=O)OCC1(COC(=O)CCN2CCN(CCC(=O)OCC3(COC(=O)CC)CSSC3)CC2)CSSC1. The molecule has 0 aromatic rings. The van der Waals surface area contributed by atoms with Crippen LogP contribution in [0, 0.1) is 10.8 Å². The van der Waals surface area contributed by atoms with E-state index in [1.165, 1.54) is 0 Å². The van der Waals surface area contributed by atoms with Crippen LogP contribution in [0.3, 0.4) is 0 Å². The number of piperazine rings is 1. The number of ether oxygens (including phenoxy) is 4. The Morgan fingerprint density at radius 2 is 0.850 bits per heavy atom. The Morgan fingerprint density at radius 3 is 1.15 bits per heavy atom. The predicted molar refractivity (Wildman–Crippen MR) is 161 cm³/mol. The van der Waals surface area contributed by atoms with Crippen molar-refractivity contribution in [3.05, 3.63) is 0 Å². The van der Waals surface area contributed by atoms with Crippen molar-refractivity contribution < 1.29 is 38.1 Å². The Morgan fingerprint density at radius 1 is 0.550 bits per heavy atom. The number of hydrogen-bond acceptors (Lipinski definition) is 14. The maximum Gasteiger partial charge on any atom is 0.307 e. The van der Waals surface area contributed by atoms with E-state index in [4.69, 9.17) is 18.9 Å². The normalized spacial score (nSPS) is 20.6. The Labute approximate surface area is 253 Å². The van der Waals surface area contributed by atoms with E-state index in [0.717, 1.165) is 49.2 Å². The molecule has 3 aliphatic heterocycles. The molecule has 0 saturated carbocycles. The largest absolute Gasteiger partial charge is 0.465 e. The van der Waals surface area contributed by atoms with Gasteiger partial charge in [-0.25, -0.2) is 0 Å². The third-order valence-electron chi connectivity index (χ3n) is 7.09. The summed E-state index contributed by atoms with van der Waals surface area (Å²) < 4.78 is 21.9. The molecule has 14 heteroatoms. The van der Waals surface area contributed by atoms with Crippen LogP contribution < -0.4 is 0 Å². The third kappa shape index (κ3) is 11.5. The van der Waals surface area contributed by atoms with E-state index in [0.29, 0.717) is 38.8 Å². The second-order valence-corrected chi connectivity index (χ2v) is 15.5. The molecule has 0 N–H and O–H groups in total. The van der Waals surface area contributed by atoms with Crippen LogP contribution in [0.25, 0.3) is 0 Å². The molecule has 0 atom stereocenters. The molecule has 0 aromatic carbocycles. The zero-order chi connectivity index (χ0) is 28.8. The summed E-state index contributed by atoms with van der Waals surface area (Å²) in [5.74, 6) is 2.27. The van der Waals surface area contributed by atoms with Crippen molar-refractivity contribution in [3.63, 3.8) is 0 Å². The van der Waals surface area contributed by atoms with Crippen LogP contribution in [-0.2, 0) is 38.1 Å². The minimum absolute atomic E-state index is 0.227. The second-order valence-electron chi connectivity index (χ2n) is 10.6. The van der Waals surface area contributed by atoms with Gasteiger partial charge in [0, 0.05) is 75.1 Å². The lowest BCUT2D eigenvalue weighted by Crippen LogP contribution is -2.47. The van der Waals surface area contributed by atoms with Gasteiger partial charge in [0.2, 0.25) is 0 Å². The molecule has 0 amide bonds. The number of carbonyl (C=O) groups excluding carboxylic acids is 4. The lowest BCUT2D eigenvalue weighted by Gasteiger charge is -2.34. The Kier molecular flexibility index (Phi) is 14.6. The molecular formula is C26H42N2O8S4. The minimum Gasteiger partial charge on any atom is -0.465 e. The van der Waals surface area contributed by atoms with E-state index < -0.39 is 0 Å². The Bertz CT molecular complexity index is 777. The molecule has 10 nitrogen and oxygen atoms in total. The standard InChI is InChI=1S/C26H42N2O8S4/c1-3-21(29)33-13-25(17-37-38-18-25)15-35-23(31)5-7-27-9-11-28(12-10-27)8-6-24(32)36-16-26(19-39-40-20-26)14-34-22(30)4-2/h3-20H2,1-2H3. The van der Waals surface area contributed by atoms with E-state index in [1.54, 1.807) is 57.0 Å². The molecule has 228 valence electrons. The van der Waals surface area contributed by atoms with Crippen molar-refractivity contribution in [2.75, 3.05) is 88.7 Å². The zero-order valence-electron chi connectivity index (χ0n) is 23.5. The van der Waals surface area contributed by atoms with Crippen LogP contribution in [0.5, 0.6) is 0 Å². The molecule has 3 aliphatic rings. The molecule has 3 fully saturated rings. The number of carbonyl (C=O) groups is 4. The van der Waals surface area contributed by atoms with Gasteiger partial charge in [0.15, 0.2) is 0 Å². The number of esters is 4. The highest BCUT2D eigenvalue weighted by atomic mass is 33.1. The van der Waals surface area contributed by atoms with E-state index >= 15 is 0 Å². The number of hydrogen-bond donors (Lipinski definition) is 0. The van der Waals surface area contributed by atoms with Crippen molar-refractivity contribution in [3.8, 4) is 0 Å². The molecule has 40 heavy (non-hydrogen) atoms. The summed E-state index contributed by atoms with van der Waals surface area (Å²) in [6.45, 7) is 9.23. The molecule has 0 bridgehead atoms. The van der Waals surface area contributed by atoms with Crippen molar-refractivity contribution in [2.24, 2.45) is 10.8 Å². The molecule has 0 aromatic heterocycles. The van der Waals surface area contributed by atoms with Gasteiger partial charge in [0.1, 0.15) is 26.4 Å². The molecular weight excluding hydrogens is 597 g/mol. The average molecular weight is 639 g/mol. The molecule has 0 spiro atoms. The van der Waals surface area contributed by atoms with Gasteiger partial charge in [-0.15, -0.1) is 0 Å². The van der Waals surface area contributed by atoms with Gasteiger partial charge in [-0.2, -0.15) is 0 Å². The fourth-order valence-electron chi connectivity index (χ4n) is 4.18. The summed E-state index contributed by atoms with van der Waals surface area (Å²) in [4.78, 5) is 52.5. The van der Waals surface area contributed by atoms with Crippen molar-refractivity contribution >= 4 is 67.1 Å². The van der Waals surface area contributed by atoms with E-state index in [-0.39, 0.29) is 61.1 Å². The molecule has 3 heterocycles. The van der Waals surface area contributed by atoms with Gasteiger partial charge in [0.05, 0.1) is 23.7 Å². The van der Waals surface area contributed by atoms with Gasteiger partial charge in [-0.3, -0.25) is 19.2 Å². The molecule has 0 aliphatic carbocycles. The zero-order valence-corrected chi connectivity index (χ0v) is 26.8. The van der Waals surface area contributed by atoms with Crippen LogP contribution >= 0.6 is 43.2 Å². The monoisotopic (exact) mass is 638 g/mol. The fraction of sp³-hybridized carbons (Fsp3) is 0.846. The summed E-state index contributed by atoms with van der Waals surface area (Å²) in [5.41, 5.74) is -0.611. The highest BCUT2D eigenvalue weighted by Gasteiger charge is 2.39. The predicted octanol–water partition coefficient (Wildman–Crippen LogP) is 3.14.